The van der Waals surface area contributed by atoms with E-state index in [2.05, 4.69) is 0 Å². The van der Waals surface area contributed by atoms with Crippen LogP contribution in [0.15, 0.2) is 36.4 Å². The fourth-order valence-corrected chi connectivity index (χ4v) is 2.75. The number of fused-ring (bicyclic) bond motifs is 1. The summed E-state index contributed by atoms with van der Waals surface area (Å²) in [6.45, 7) is 0. The first-order chi connectivity index (χ1) is 9.61. The predicted molar refractivity (Wildman–Crippen MR) is 72.9 cm³/mol. The number of Topliss-reactive ketones (excluding diaryl/α,β-unsaturated/α-hetero) is 1. The summed E-state index contributed by atoms with van der Waals surface area (Å²) >= 11 is 0. The smallest absolute Gasteiger partial charge is 0.167 e. The minimum Gasteiger partial charge on any atom is -0.294 e. The summed E-state index contributed by atoms with van der Waals surface area (Å²) in [7, 11) is 0. The van der Waals surface area contributed by atoms with Gasteiger partial charge in [-0.3, -0.25) is 4.79 Å². The zero-order chi connectivity index (χ0) is 14.1. The molecular weight excluding hydrogens is 258 g/mol. The van der Waals surface area contributed by atoms with Crippen LogP contribution in [0, 0.1) is 11.6 Å². The number of hydrogen-bond donors (Lipinski definition) is 0. The normalized spacial score (nSPS) is 13.3. The van der Waals surface area contributed by atoms with Crippen LogP contribution in [-0.4, -0.2) is 5.78 Å². The molecule has 0 unspecified atom stereocenters. The molecule has 0 saturated carbocycles. The van der Waals surface area contributed by atoms with E-state index in [4.69, 9.17) is 0 Å². The molecule has 2 aromatic rings. The van der Waals surface area contributed by atoms with Gasteiger partial charge in [0.2, 0.25) is 0 Å². The van der Waals surface area contributed by atoms with E-state index in [-0.39, 0.29) is 12.2 Å². The highest BCUT2D eigenvalue weighted by molar-refractivity contribution is 5.97. The quantitative estimate of drug-likeness (QED) is 0.775. The molecule has 0 spiro atoms. The van der Waals surface area contributed by atoms with Gasteiger partial charge in [0.05, 0.1) is 0 Å². The average Bonchev–Trinajstić information content (AvgIpc) is 2.84. The summed E-state index contributed by atoms with van der Waals surface area (Å²) in [5.74, 6) is -1.41. The molecule has 2 aromatic carbocycles. The van der Waals surface area contributed by atoms with E-state index < -0.39 is 11.6 Å². The average molecular weight is 272 g/mol. The lowest BCUT2D eigenvalue weighted by Gasteiger charge is -2.05. The number of rotatable bonds is 3. The first kappa shape index (κ1) is 13.0. The molecular formula is C17H14F2O. The number of carbonyl (C=O) groups excluding carboxylic acids is 1. The van der Waals surface area contributed by atoms with Crippen molar-refractivity contribution in [3.63, 3.8) is 0 Å². The number of carbonyl (C=O) groups is 1. The molecule has 0 radical (unpaired) electrons. The second-order valence-electron chi connectivity index (χ2n) is 5.21. The van der Waals surface area contributed by atoms with Gasteiger partial charge in [-0.1, -0.05) is 12.1 Å². The summed E-state index contributed by atoms with van der Waals surface area (Å²) in [6.07, 6.45) is 3.22. The van der Waals surface area contributed by atoms with Gasteiger partial charge in [-0.05, 0) is 54.2 Å². The van der Waals surface area contributed by atoms with Crippen LogP contribution in [0.2, 0.25) is 0 Å². The van der Waals surface area contributed by atoms with E-state index in [9.17, 15) is 13.6 Å². The molecule has 102 valence electrons. The standard InChI is InChI=1S/C17H14F2O/c18-15-6-11(7-16(19)10-15)8-17(20)14-5-4-12-2-1-3-13(12)9-14/h4-7,9-10H,1-3,8H2. The monoisotopic (exact) mass is 272 g/mol. The van der Waals surface area contributed by atoms with Crippen LogP contribution in [0.1, 0.15) is 33.5 Å². The van der Waals surface area contributed by atoms with Gasteiger partial charge < -0.3 is 0 Å². The number of halogens is 2. The first-order valence-electron chi connectivity index (χ1n) is 6.72. The summed E-state index contributed by atoms with van der Waals surface area (Å²) in [6, 6.07) is 8.93. The predicted octanol–water partition coefficient (Wildman–Crippen LogP) is 3.88. The topological polar surface area (TPSA) is 17.1 Å². The molecule has 0 atom stereocenters. The Kier molecular flexibility index (Phi) is 3.35. The number of hydrogen-bond acceptors (Lipinski definition) is 1. The molecule has 0 amide bonds. The number of benzene rings is 2. The molecule has 3 rings (SSSR count). The van der Waals surface area contributed by atoms with Gasteiger partial charge in [0.25, 0.3) is 0 Å². The highest BCUT2D eigenvalue weighted by atomic mass is 19.1. The van der Waals surface area contributed by atoms with Gasteiger partial charge in [0.1, 0.15) is 11.6 Å². The minimum absolute atomic E-state index is 0.0213. The van der Waals surface area contributed by atoms with Crippen molar-refractivity contribution in [2.75, 3.05) is 0 Å². The lowest BCUT2D eigenvalue weighted by atomic mass is 9.99. The van der Waals surface area contributed by atoms with E-state index in [1.165, 1.54) is 23.3 Å². The Balaban J connectivity index is 1.82. The molecule has 20 heavy (non-hydrogen) atoms. The van der Waals surface area contributed by atoms with Crippen molar-refractivity contribution in [1.29, 1.82) is 0 Å². The Morgan fingerprint density at radius 1 is 0.950 bits per heavy atom. The third-order valence-electron chi connectivity index (χ3n) is 3.71. The van der Waals surface area contributed by atoms with Crippen molar-refractivity contribution in [2.45, 2.75) is 25.7 Å². The maximum atomic E-state index is 13.1. The molecule has 1 aliphatic rings. The Bertz CT molecular complexity index is 656. The van der Waals surface area contributed by atoms with Crippen LogP contribution in [0.25, 0.3) is 0 Å². The molecule has 1 nitrogen and oxygen atoms in total. The molecule has 0 heterocycles. The lowest BCUT2D eigenvalue weighted by Crippen LogP contribution is -2.05. The molecule has 0 aliphatic heterocycles. The van der Waals surface area contributed by atoms with Crippen molar-refractivity contribution >= 4 is 5.78 Å². The second kappa shape index (κ2) is 5.16. The van der Waals surface area contributed by atoms with Gasteiger partial charge in [-0.15, -0.1) is 0 Å². The largest absolute Gasteiger partial charge is 0.294 e. The third kappa shape index (κ3) is 2.62. The summed E-state index contributed by atoms with van der Waals surface area (Å²) in [4.78, 5) is 12.2. The van der Waals surface area contributed by atoms with Crippen molar-refractivity contribution in [3.05, 3.63) is 70.3 Å². The summed E-state index contributed by atoms with van der Waals surface area (Å²) in [5, 5.41) is 0. The first-order valence-corrected chi connectivity index (χ1v) is 6.72. The van der Waals surface area contributed by atoms with Crippen molar-refractivity contribution in [2.24, 2.45) is 0 Å². The molecule has 1 aliphatic carbocycles. The molecule has 3 heteroatoms. The van der Waals surface area contributed by atoms with Crippen LogP contribution in [0.5, 0.6) is 0 Å². The second-order valence-corrected chi connectivity index (χ2v) is 5.21. The zero-order valence-corrected chi connectivity index (χ0v) is 11.0. The van der Waals surface area contributed by atoms with E-state index >= 15 is 0 Å². The van der Waals surface area contributed by atoms with E-state index in [1.807, 2.05) is 18.2 Å². The summed E-state index contributed by atoms with van der Waals surface area (Å²) in [5.41, 5.74) is 3.52. The van der Waals surface area contributed by atoms with Gasteiger partial charge in [-0.2, -0.15) is 0 Å². The molecule has 0 saturated heterocycles. The van der Waals surface area contributed by atoms with Crippen LogP contribution in [0.3, 0.4) is 0 Å². The van der Waals surface area contributed by atoms with Crippen LogP contribution in [0.4, 0.5) is 8.78 Å². The van der Waals surface area contributed by atoms with Crippen LogP contribution >= 0.6 is 0 Å². The summed E-state index contributed by atoms with van der Waals surface area (Å²) < 4.78 is 26.2. The Labute approximate surface area is 116 Å². The fourth-order valence-electron chi connectivity index (χ4n) is 2.75. The molecule has 0 N–H and O–H groups in total. The number of aryl methyl sites for hydroxylation is 2. The highest BCUT2D eigenvalue weighted by Crippen LogP contribution is 2.23. The van der Waals surface area contributed by atoms with Crippen molar-refractivity contribution in [3.8, 4) is 0 Å². The van der Waals surface area contributed by atoms with E-state index in [1.54, 1.807) is 0 Å². The Morgan fingerprint density at radius 3 is 2.40 bits per heavy atom. The number of ketones is 1. The van der Waals surface area contributed by atoms with Crippen LogP contribution in [-0.2, 0) is 19.3 Å². The molecule has 0 fully saturated rings. The molecule has 0 bridgehead atoms. The highest BCUT2D eigenvalue weighted by Gasteiger charge is 2.14. The van der Waals surface area contributed by atoms with Crippen LogP contribution < -0.4 is 0 Å². The maximum Gasteiger partial charge on any atom is 0.167 e. The van der Waals surface area contributed by atoms with E-state index in [0.717, 1.165) is 25.3 Å². The van der Waals surface area contributed by atoms with Gasteiger partial charge in [0.15, 0.2) is 5.78 Å². The minimum atomic E-state index is -0.651. The Hall–Kier alpha value is -2.03. The zero-order valence-electron chi connectivity index (χ0n) is 11.0. The van der Waals surface area contributed by atoms with E-state index in [0.29, 0.717) is 11.1 Å². The molecule has 0 aromatic heterocycles. The third-order valence-corrected chi connectivity index (χ3v) is 3.71. The van der Waals surface area contributed by atoms with Gasteiger partial charge in [0, 0.05) is 18.1 Å². The van der Waals surface area contributed by atoms with Gasteiger partial charge in [-0.25, -0.2) is 8.78 Å². The van der Waals surface area contributed by atoms with Gasteiger partial charge >= 0.3 is 0 Å². The SMILES string of the molecule is O=C(Cc1cc(F)cc(F)c1)c1ccc2c(c1)CCC2. The lowest BCUT2D eigenvalue weighted by molar-refractivity contribution is 0.0993. The maximum absolute atomic E-state index is 13.1. The van der Waals surface area contributed by atoms with Crippen molar-refractivity contribution < 1.29 is 13.6 Å². The fraction of sp³-hybridized carbons (Fsp3) is 0.235. The Morgan fingerprint density at radius 2 is 1.65 bits per heavy atom. The van der Waals surface area contributed by atoms with Crippen molar-refractivity contribution in [1.82, 2.24) is 0 Å².